The molecule has 28 heavy (non-hydrogen) atoms. The quantitative estimate of drug-likeness (QED) is 0.755. The number of carbonyl (C=O) groups excluding carboxylic acids is 1. The summed E-state index contributed by atoms with van der Waals surface area (Å²) in [5.41, 5.74) is 7.21. The number of aromatic nitrogens is 1. The Morgan fingerprint density at radius 2 is 2.00 bits per heavy atom. The van der Waals surface area contributed by atoms with E-state index in [0.29, 0.717) is 35.1 Å². The van der Waals surface area contributed by atoms with Gasteiger partial charge in [0.1, 0.15) is 11.3 Å². The average Bonchev–Trinajstić information content (AvgIpc) is 2.66. The second kappa shape index (κ2) is 7.67. The Hall–Kier alpha value is -3.42. The molecule has 3 N–H and O–H groups in total. The minimum atomic E-state index is -0.787. The van der Waals surface area contributed by atoms with Crippen molar-refractivity contribution in [1.29, 1.82) is 0 Å². The summed E-state index contributed by atoms with van der Waals surface area (Å²) in [7, 11) is 2.76. The zero-order valence-electron chi connectivity index (χ0n) is 16.1. The Balaban J connectivity index is 2.27. The highest BCUT2D eigenvalue weighted by molar-refractivity contribution is 5.92. The first kappa shape index (κ1) is 19.3. The Morgan fingerprint density at radius 3 is 2.64 bits per heavy atom. The highest BCUT2D eigenvalue weighted by atomic mass is 16.5. The zero-order valence-corrected chi connectivity index (χ0v) is 16.1. The minimum absolute atomic E-state index is 0.0515. The van der Waals surface area contributed by atoms with Crippen molar-refractivity contribution >= 4 is 5.97 Å². The number of hydrogen-bond donors (Lipinski definition) is 2. The maximum absolute atomic E-state index is 12.7. The number of benzene rings is 1. The number of nitrogens with two attached hydrogens (primary N) is 1. The number of fused-ring (bicyclic) bond motifs is 1. The summed E-state index contributed by atoms with van der Waals surface area (Å²) in [6.45, 7) is 4.06. The third-order valence-corrected chi connectivity index (χ3v) is 4.46. The van der Waals surface area contributed by atoms with Crippen molar-refractivity contribution in [2.75, 3.05) is 20.8 Å². The van der Waals surface area contributed by atoms with Crippen LogP contribution in [0.15, 0.2) is 40.5 Å². The van der Waals surface area contributed by atoms with Crippen molar-refractivity contribution in [3.63, 3.8) is 0 Å². The largest absolute Gasteiger partial charge is 0.493 e. The van der Waals surface area contributed by atoms with E-state index in [-0.39, 0.29) is 22.6 Å². The highest BCUT2D eigenvalue weighted by Crippen LogP contribution is 2.43. The second-order valence-electron chi connectivity index (χ2n) is 6.21. The molecule has 0 bridgehead atoms. The van der Waals surface area contributed by atoms with E-state index in [2.05, 4.69) is 4.98 Å². The van der Waals surface area contributed by atoms with Gasteiger partial charge in [-0.2, -0.15) is 0 Å². The fourth-order valence-electron chi connectivity index (χ4n) is 3.29. The van der Waals surface area contributed by atoms with Gasteiger partial charge < -0.3 is 29.7 Å². The summed E-state index contributed by atoms with van der Waals surface area (Å²) in [5.74, 6) is -0.258. The lowest BCUT2D eigenvalue weighted by molar-refractivity contribution is -0.136. The smallest absolute Gasteiger partial charge is 0.340 e. The van der Waals surface area contributed by atoms with Crippen molar-refractivity contribution in [3.8, 4) is 17.2 Å². The molecular formula is C20H22N2O6. The number of hydrogen-bond acceptors (Lipinski definition) is 7. The molecule has 148 valence electrons. The molecule has 0 saturated heterocycles. The number of aromatic amines is 1. The van der Waals surface area contributed by atoms with Crippen LogP contribution in [0.3, 0.4) is 0 Å². The number of carbonyl (C=O) groups is 1. The Morgan fingerprint density at radius 1 is 1.25 bits per heavy atom. The van der Waals surface area contributed by atoms with Crippen molar-refractivity contribution in [2.24, 2.45) is 5.73 Å². The monoisotopic (exact) mass is 386 g/mol. The van der Waals surface area contributed by atoms with Gasteiger partial charge in [-0.1, -0.05) is 6.07 Å². The van der Waals surface area contributed by atoms with Crippen LogP contribution in [0, 0.1) is 6.92 Å². The van der Waals surface area contributed by atoms with Crippen LogP contribution < -0.4 is 25.5 Å². The molecule has 0 saturated carbocycles. The number of methoxy groups -OCH3 is 2. The fraction of sp³-hybridized carbons (Fsp3) is 0.300. The zero-order chi connectivity index (χ0) is 20.4. The maximum Gasteiger partial charge on any atom is 0.340 e. The number of H-pyrrole nitrogens is 1. The highest BCUT2D eigenvalue weighted by Gasteiger charge is 2.37. The predicted octanol–water partition coefficient (Wildman–Crippen LogP) is 1.96. The van der Waals surface area contributed by atoms with Gasteiger partial charge in [-0.15, -0.1) is 0 Å². The number of esters is 1. The summed E-state index contributed by atoms with van der Waals surface area (Å²) in [6.07, 6.45) is 0. The molecule has 8 nitrogen and oxygen atoms in total. The summed E-state index contributed by atoms with van der Waals surface area (Å²) in [6, 6.07) is 6.85. The third-order valence-electron chi connectivity index (χ3n) is 4.46. The first-order chi connectivity index (χ1) is 13.4. The van der Waals surface area contributed by atoms with E-state index >= 15 is 0 Å². The van der Waals surface area contributed by atoms with Gasteiger partial charge in [-0.25, -0.2) is 4.79 Å². The lowest BCUT2D eigenvalue weighted by Gasteiger charge is -2.28. The van der Waals surface area contributed by atoms with E-state index in [1.165, 1.54) is 14.2 Å². The van der Waals surface area contributed by atoms with Crippen LogP contribution in [0.5, 0.6) is 17.2 Å². The van der Waals surface area contributed by atoms with Crippen molar-refractivity contribution in [1.82, 2.24) is 4.98 Å². The predicted molar refractivity (Wildman–Crippen MR) is 102 cm³/mol. The summed E-state index contributed by atoms with van der Waals surface area (Å²) >= 11 is 0. The van der Waals surface area contributed by atoms with Gasteiger partial charge in [0.2, 0.25) is 5.88 Å². The first-order valence-corrected chi connectivity index (χ1v) is 8.71. The van der Waals surface area contributed by atoms with Crippen LogP contribution in [0.2, 0.25) is 0 Å². The molecule has 1 aliphatic rings. The van der Waals surface area contributed by atoms with Crippen LogP contribution in [0.1, 0.15) is 29.7 Å². The summed E-state index contributed by atoms with van der Waals surface area (Å²) in [5, 5.41) is 0. The molecule has 1 atom stereocenters. The molecule has 0 radical (unpaired) electrons. The summed E-state index contributed by atoms with van der Waals surface area (Å²) < 4.78 is 21.4. The summed E-state index contributed by atoms with van der Waals surface area (Å²) in [4.78, 5) is 28.0. The molecule has 1 unspecified atom stereocenters. The van der Waals surface area contributed by atoms with Crippen LogP contribution in [-0.4, -0.2) is 31.8 Å². The first-order valence-electron chi connectivity index (χ1n) is 8.71. The Bertz CT molecular complexity index is 1010. The second-order valence-corrected chi connectivity index (χ2v) is 6.21. The van der Waals surface area contributed by atoms with E-state index < -0.39 is 11.9 Å². The number of aryl methyl sites for hydroxylation is 1. The third kappa shape index (κ3) is 3.28. The molecule has 1 aliphatic heterocycles. The molecule has 0 fully saturated rings. The van der Waals surface area contributed by atoms with E-state index in [0.717, 1.165) is 0 Å². The molecule has 0 spiro atoms. The standard InChI is InChI=1S/C20H22N2O6/c1-5-27-12-7-6-11(9-13(12)25-3)15-16-14(8-10(2)22-19(16)23)28-18(21)17(15)20(24)26-4/h6-9,15H,5,21H2,1-4H3,(H,22,23). The molecule has 2 aromatic rings. The molecule has 2 heterocycles. The number of pyridine rings is 1. The van der Waals surface area contributed by atoms with Crippen LogP contribution in [0.4, 0.5) is 0 Å². The van der Waals surface area contributed by atoms with Crippen LogP contribution in [-0.2, 0) is 9.53 Å². The maximum atomic E-state index is 12.7. The van der Waals surface area contributed by atoms with E-state index in [9.17, 15) is 9.59 Å². The molecule has 1 aromatic heterocycles. The van der Waals surface area contributed by atoms with E-state index in [4.69, 9.17) is 24.7 Å². The van der Waals surface area contributed by atoms with E-state index in [1.54, 1.807) is 31.2 Å². The van der Waals surface area contributed by atoms with Gasteiger partial charge in [0, 0.05) is 11.8 Å². The molecule has 8 heteroatoms. The Labute approximate surface area is 161 Å². The van der Waals surface area contributed by atoms with Gasteiger partial charge in [0.25, 0.3) is 5.56 Å². The Kier molecular flexibility index (Phi) is 5.30. The lowest BCUT2D eigenvalue weighted by atomic mass is 9.83. The normalized spacial score (nSPS) is 15.5. The van der Waals surface area contributed by atoms with Gasteiger partial charge in [-0.05, 0) is 31.5 Å². The lowest BCUT2D eigenvalue weighted by Crippen LogP contribution is -2.31. The SMILES string of the molecule is CCOc1ccc(C2C(C(=O)OC)=C(N)Oc3cc(C)[nH]c(=O)c32)cc1OC. The number of nitrogens with one attached hydrogen (secondary N) is 1. The number of rotatable bonds is 5. The fourth-order valence-corrected chi connectivity index (χ4v) is 3.29. The molecule has 0 aliphatic carbocycles. The topological polar surface area (TPSA) is 113 Å². The van der Waals surface area contributed by atoms with Crippen LogP contribution >= 0.6 is 0 Å². The average molecular weight is 386 g/mol. The van der Waals surface area contributed by atoms with Gasteiger partial charge in [-0.3, -0.25) is 4.79 Å². The number of ether oxygens (including phenoxy) is 4. The molecule has 0 amide bonds. The van der Waals surface area contributed by atoms with Gasteiger partial charge in [0.05, 0.1) is 32.3 Å². The van der Waals surface area contributed by atoms with Gasteiger partial charge in [0.15, 0.2) is 11.5 Å². The van der Waals surface area contributed by atoms with Crippen molar-refractivity contribution in [2.45, 2.75) is 19.8 Å². The van der Waals surface area contributed by atoms with E-state index in [1.807, 2.05) is 6.92 Å². The van der Waals surface area contributed by atoms with Crippen LogP contribution in [0.25, 0.3) is 0 Å². The van der Waals surface area contributed by atoms with Crippen molar-refractivity contribution in [3.05, 3.63) is 62.9 Å². The molecular weight excluding hydrogens is 364 g/mol. The molecule has 1 aromatic carbocycles. The van der Waals surface area contributed by atoms with Gasteiger partial charge >= 0.3 is 5.97 Å². The molecule has 3 rings (SSSR count). The minimum Gasteiger partial charge on any atom is -0.493 e. The van der Waals surface area contributed by atoms with Crippen molar-refractivity contribution < 1.29 is 23.7 Å².